The second-order valence-corrected chi connectivity index (χ2v) is 11.0. The van der Waals surface area contributed by atoms with Crippen LogP contribution >= 0.6 is 11.3 Å². The van der Waals surface area contributed by atoms with Gasteiger partial charge < -0.3 is 4.74 Å². The zero-order chi connectivity index (χ0) is 21.8. The number of sulfonamides is 1. The molecule has 3 aromatic rings. The van der Waals surface area contributed by atoms with Crippen molar-refractivity contribution in [2.45, 2.75) is 32.2 Å². The van der Waals surface area contributed by atoms with Crippen LogP contribution in [0.25, 0.3) is 22.1 Å². The first-order valence-electron chi connectivity index (χ1n) is 10.2. The lowest BCUT2D eigenvalue weighted by Gasteiger charge is -2.37. The van der Waals surface area contributed by atoms with Gasteiger partial charge in [0.2, 0.25) is 10.0 Å². The molecule has 0 amide bonds. The van der Waals surface area contributed by atoms with Crippen LogP contribution in [0.4, 0.5) is 0 Å². The van der Waals surface area contributed by atoms with Gasteiger partial charge in [0.25, 0.3) is 0 Å². The van der Waals surface area contributed by atoms with E-state index >= 15 is 0 Å². The predicted molar refractivity (Wildman–Crippen MR) is 120 cm³/mol. The summed E-state index contributed by atoms with van der Waals surface area (Å²) in [5.41, 5.74) is 2.96. The second kappa shape index (κ2) is 7.54. The van der Waals surface area contributed by atoms with Crippen molar-refractivity contribution in [1.82, 2.24) is 24.1 Å². The fourth-order valence-electron chi connectivity index (χ4n) is 3.94. The minimum atomic E-state index is -3.36. The molecule has 1 saturated heterocycles. The van der Waals surface area contributed by atoms with Gasteiger partial charge in [-0.2, -0.15) is 9.40 Å². The van der Waals surface area contributed by atoms with Gasteiger partial charge in [-0.1, -0.05) is 12.6 Å². The molecule has 10 heteroatoms. The molecule has 2 aliphatic rings. The van der Waals surface area contributed by atoms with Crippen LogP contribution in [0, 0.1) is 0 Å². The number of nitrogens with zero attached hydrogens (tertiary/aromatic N) is 5. The number of ether oxygens (including phenoxy) is 1. The number of thiazole rings is 1. The van der Waals surface area contributed by atoms with E-state index in [2.05, 4.69) is 36.6 Å². The van der Waals surface area contributed by atoms with Crippen LogP contribution in [-0.4, -0.2) is 52.2 Å². The molecule has 0 saturated carbocycles. The summed E-state index contributed by atoms with van der Waals surface area (Å²) in [6, 6.07) is 6.28. The Bertz CT molecular complexity index is 1260. The molecule has 0 atom stereocenters. The zero-order valence-corrected chi connectivity index (χ0v) is 19.0. The van der Waals surface area contributed by atoms with E-state index < -0.39 is 10.0 Å². The first-order chi connectivity index (χ1) is 14.9. The maximum Gasteiger partial charge on any atom is 0.235 e. The molecule has 0 N–H and O–H groups in total. The van der Waals surface area contributed by atoms with E-state index in [4.69, 9.17) is 9.72 Å². The van der Waals surface area contributed by atoms with Crippen molar-refractivity contribution in [2.24, 2.45) is 0 Å². The van der Waals surface area contributed by atoms with Crippen molar-refractivity contribution >= 4 is 21.4 Å². The molecule has 31 heavy (non-hydrogen) atoms. The van der Waals surface area contributed by atoms with Gasteiger partial charge in [0, 0.05) is 47.3 Å². The minimum Gasteiger partial charge on any atom is -0.493 e. The van der Waals surface area contributed by atoms with Crippen LogP contribution in [0.2, 0.25) is 0 Å². The molecular formula is C21H23N5O3S2. The number of hydrogen-bond donors (Lipinski definition) is 0. The molecule has 1 aromatic carbocycles. The Hall–Kier alpha value is -2.56. The third kappa shape index (κ3) is 3.48. The number of hydrogen-bond acceptors (Lipinski definition) is 7. The van der Waals surface area contributed by atoms with E-state index in [1.54, 1.807) is 17.7 Å². The fraction of sp³-hybridized carbons (Fsp3) is 0.381. The topological polar surface area (TPSA) is 90.2 Å². The van der Waals surface area contributed by atoms with Gasteiger partial charge in [-0.3, -0.25) is 0 Å². The minimum absolute atomic E-state index is 0.147. The first-order valence-corrected chi connectivity index (χ1v) is 12.5. The highest BCUT2D eigenvalue weighted by Crippen LogP contribution is 2.42. The molecule has 0 bridgehead atoms. The lowest BCUT2D eigenvalue weighted by atomic mass is 9.91. The number of benzene rings is 1. The number of aromatic nitrogens is 4. The van der Waals surface area contributed by atoms with Crippen molar-refractivity contribution in [3.05, 3.63) is 47.0 Å². The summed E-state index contributed by atoms with van der Waals surface area (Å²) < 4.78 is 33.2. The molecule has 8 nitrogen and oxygen atoms in total. The summed E-state index contributed by atoms with van der Waals surface area (Å²) in [7, 11) is -3.36. The molecule has 1 fully saturated rings. The Morgan fingerprint density at radius 1 is 1.32 bits per heavy atom. The Morgan fingerprint density at radius 3 is 2.87 bits per heavy atom. The van der Waals surface area contributed by atoms with Gasteiger partial charge in [0.15, 0.2) is 10.8 Å². The predicted octanol–water partition coefficient (Wildman–Crippen LogP) is 3.46. The van der Waals surface area contributed by atoms with Crippen LogP contribution in [0.3, 0.4) is 0 Å². The van der Waals surface area contributed by atoms with Gasteiger partial charge in [-0.15, -0.1) is 11.3 Å². The van der Waals surface area contributed by atoms with Gasteiger partial charge in [-0.25, -0.2) is 23.1 Å². The van der Waals surface area contributed by atoms with Crippen molar-refractivity contribution in [1.29, 1.82) is 0 Å². The molecule has 0 spiro atoms. The highest BCUT2D eigenvalue weighted by atomic mass is 32.2. The van der Waals surface area contributed by atoms with E-state index in [1.807, 2.05) is 16.8 Å². The van der Waals surface area contributed by atoms with E-state index in [-0.39, 0.29) is 12.0 Å². The number of fused-ring (bicyclic) bond motifs is 3. The van der Waals surface area contributed by atoms with Crippen molar-refractivity contribution in [3.8, 4) is 27.8 Å². The summed E-state index contributed by atoms with van der Waals surface area (Å²) in [4.78, 5) is 10.5. The monoisotopic (exact) mass is 457 g/mol. The third-order valence-electron chi connectivity index (χ3n) is 5.69. The Morgan fingerprint density at radius 2 is 2.13 bits per heavy atom. The van der Waals surface area contributed by atoms with Crippen LogP contribution in [-0.2, 0) is 16.4 Å². The summed E-state index contributed by atoms with van der Waals surface area (Å²) in [5.74, 6) is 1.73. The van der Waals surface area contributed by atoms with Crippen molar-refractivity contribution in [2.75, 3.05) is 19.7 Å². The fourth-order valence-corrected chi connectivity index (χ4v) is 5.97. The van der Waals surface area contributed by atoms with Crippen molar-refractivity contribution in [3.63, 3.8) is 0 Å². The zero-order valence-electron chi connectivity index (χ0n) is 17.4. The van der Waals surface area contributed by atoms with E-state index in [0.717, 1.165) is 50.1 Å². The van der Waals surface area contributed by atoms with E-state index in [0.29, 0.717) is 19.7 Å². The summed E-state index contributed by atoms with van der Waals surface area (Å²) >= 11 is 1.63. The molecule has 2 aliphatic heterocycles. The summed E-state index contributed by atoms with van der Waals surface area (Å²) in [6.45, 7) is 9.05. The Balaban J connectivity index is 1.50. The van der Waals surface area contributed by atoms with Crippen LogP contribution in [0.5, 0.6) is 5.75 Å². The highest BCUT2D eigenvalue weighted by Gasteiger charge is 2.35. The van der Waals surface area contributed by atoms with Gasteiger partial charge >= 0.3 is 0 Å². The van der Waals surface area contributed by atoms with Crippen LogP contribution < -0.4 is 4.74 Å². The average Bonchev–Trinajstić information content (AvgIpc) is 3.31. The molecule has 5 rings (SSSR count). The molecule has 4 heterocycles. The normalized spacial score (nSPS) is 16.9. The van der Waals surface area contributed by atoms with Gasteiger partial charge in [0.1, 0.15) is 12.1 Å². The number of rotatable bonds is 5. The molecule has 162 valence electrons. The largest absolute Gasteiger partial charge is 0.493 e. The quantitative estimate of drug-likeness (QED) is 0.583. The standard InChI is InChI=1S/C21H23N5O3S2/c1-4-31(27,28)25-10-15(11-25)14-5-6-17-16(9-14)19-18(7-8-29-17)30-21(24-19)20-22-12-23-26(20)13(2)3/h4-6,9,12-13,15H,1,7-8,10-11H2,2-3H3. The Labute approximate surface area is 185 Å². The lowest BCUT2D eigenvalue weighted by molar-refractivity contribution is 0.267. The third-order valence-corrected chi connectivity index (χ3v) is 8.24. The smallest absolute Gasteiger partial charge is 0.235 e. The summed E-state index contributed by atoms with van der Waals surface area (Å²) in [5, 5.41) is 6.19. The van der Waals surface area contributed by atoms with Gasteiger partial charge in [0.05, 0.1) is 12.3 Å². The second-order valence-electron chi connectivity index (χ2n) is 7.99. The molecular weight excluding hydrogens is 434 g/mol. The maximum absolute atomic E-state index is 12.0. The van der Waals surface area contributed by atoms with Crippen LogP contribution in [0.15, 0.2) is 36.5 Å². The maximum atomic E-state index is 12.0. The van der Waals surface area contributed by atoms with Gasteiger partial charge in [-0.05, 0) is 31.5 Å². The highest BCUT2D eigenvalue weighted by molar-refractivity contribution is 7.92. The summed E-state index contributed by atoms with van der Waals surface area (Å²) in [6.07, 6.45) is 2.35. The van der Waals surface area contributed by atoms with Crippen molar-refractivity contribution < 1.29 is 13.2 Å². The first kappa shape index (κ1) is 20.3. The van der Waals surface area contributed by atoms with E-state index in [1.165, 1.54) is 4.31 Å². The molecule has 0 aliphatic carbocycles. The molecule has 0 radical (unpaired) electrons. The van der Waals surface area contributed by atoms with E-state index in [9.17, 15) is 8.42 Å². The lowest BCUT2D eigenvalue weighted by Crippen LogP contribution is -2.47. The molecule has 2 aromatic heterocycles. The SMILES string of the molecule is C=CS(=O)(=O)N1CC(c2ccc3c(c2)-c2nc(-c4ncnn4C(C)C)sc2CCO3)C1. The Kier molecular flexibility index (Phi) is 4.95. The van der Waals surface area contributed by atoms with Crippen LogP contribution in [0.1, 0.15) is 36.2 Å². The average molecular weight is 458 g/mol. The molecule has 0 unspecified atom stereocenters.